The molecule has 0 unspecified atom stereocenters. The quantitative estimate of drug-likeness (QED) is 0.452. The zero-order valence-corrected chi connectivity index (χ0v) is 19.8. The number of rotatable bonds is 8. The summed E-state index contributed by atoms with van der Waals surface area (Å²) in [6, 6.07) is 15.7. The van der Waals surface area contributed by atoms with Crippen molar-refractivity contribution in [1.29, 1.82) is 0 Å². The van der Waals surface area contributed by atoms with Gasteiger partial charge in [-0.15, -0.1) is 0 Å². The van der Waals surface area contributed by atoms with Gasteiger partial charge in [-0.3, -0.25) is 9.48 Å². The second-order valence-electron chi connectivity index (χ2n) is 8.91. The molecule has 0 saturated heterocycles. The molecular formula is C26H28N4O5. The van der Waals surface area contributed by atoms with Gasteiger partial charge in [-0.1, -0.05) is 62.4 Å². The topological polar surface area (TPSA) is 123 Å². The smallest absolute Gasteiger partial charge is 0.407 e. The number of benzene rings is 2. The lowest BCUT2D eigenvalue weighted by Gasteiger charge is -2.22. The molecule has 1 atom stereocenters. The monoisotopic (exact) mass is 476 g/mol. The highest BCUT2D eigenvalue weighted by atomic mass is 16.5. The van der Waals surface area contributed by atoms with Gasteiger partial charge in [0, 0.05) is 25.4 Å². The summed E-state index contributed by atoms with van der Waals surface area (Å²) in [5.74, 6) is -1.66. The minimum absolute atomic E-state index is 0.0495. The molecule has 1 aliphatic carbocycles. The third-order valence-corrected chi connectivity index (χ3v) is 6.28. The van der Waals surface area contributed by atoms with Crippen molar-refractivity contribution in [2.75, 3.05) is 11.9 Å². The normalized spacial score (nSPS) is 13.1. The Hall–Kier alpha value is -4.14. The molecule has 3 N–H and O–H groups in total. The number of alkyl carbamates (subject to hydrolysis) is 1. The molecule has 4 rings (SSSR count). The zero-order chi connectivity index (χ0) is 25.1. The van der Waals surface area contributed by atoms with E-state index >= 15 is 0 Å². The van der Waals surface area contributed by atoms with Crippen LogP contribution in [0.3, 0.4) is 0 Å². The van der Waals surface area contributed by atoms with Crippen molar-refractivity contribution in [3.8, 4) is 11.1 Å². The number of ether oxygens (including phenoxy) is 1. The molecular weight excluding hydrogens is 448 g/mol. The minimum Gasteiger partial charge on any atom is -0.477 e. The van der Waals surface area contributed by atoms with E-state index in [4.69, 9.17) is 4.74 Å². The van der Waals surface area contributed by atoms with Gasteiger partial charge in [0.05, 0.1) is 6.20 Å². The van der Waals surface area contributed by atoms with Gasteiger partial charge in [0.15, 0.2) is 0 Å². The number of aryl methyl sites for hydroxylation is 1. The van der Waals surface area contributed by atoms with Crippen LogP contribution < -0.4 is 10.6 Å². The number of nitrogens with one attached hydrogen (secondary N) is 2. The first kappa shape index (κ1) is 24.0. The summed E-state index contributed by atoms with van der Waals surface area (Å²) in [7, 11) is 1.54. The molecule has 35 heavy (non-hydrogen) atoms. The number of anilines is 1. The van der Waals surface area contributed by atoms with Crippen molar-refractivity contribution >= 4 is 23.8 Å². The first-order valence-corrected chi connectivity index (χ1v) is 11.4. The molecule has 2 amide bonds. The van der Waals surface area contributed by atoms with E-state index in [1.54, 1.807) is 0 Å². The summed E-state index contributed by atoms with van der Waals surface area (Å²) >= 11 is 0. The average molecular weight is 477 g/mol. The molecule has 9 heteroatoms. The molecule has 0 saturated carbocycles. The number of aromatic carboxylic acids is 1. The molecule has 3 aromatic rings. The van der Waals surface area contributed by atoms with Crippen LogP contribution in [0.25, 0.3) is 11.1 Å². The van der Waals surface area contributed by atoms with Crippen LogP contribution in [0.4, 0.5) is 10.6 Å². The fraction of sp³-hybridized carbons (Fsp3) is 0.308. The minimum atomic E-state index is -1.19. The van der Waals surface area contributed by atoms with Crippen molar-refractivity contribution in [3.05, 3.63) is 71.4 Å². The number of carboxylic acids is 1. The van der Waals surface area contributed by atoms with E-state index in [2.05, 4.69) is 27.9 Å². The number of nitrogens with zero attached hydrogens (tertiary/aromatic N) is 2. The SMILES string of the molecule is CC(C)[C@@H](CC(=O)Nc1c(C(=O)O)cnn1C)NC(=O)OCC1c2ccccc2-c2ccccc21. The molecule has 0 spiro atoms. The number of hydrogen-bond acceptors (Lipinski definition) is 5. The van der Waals surface area contributed by atoms with Crippen LogP contribution in [-0.4, -0.2) is 45.5 Å². The van der Waals surface area contributed by atoms with E-state index in [0.717, 1.165) is 22.3 Å². The van der Waals surface area contributed by atoms with Gasteiger partial charge in [-0.05, 0) is 28.2 Å². The molecule has 2 aromatic carbocycles. The van der Waals surface area contributed by atoms with Crippen molar-refractivity contribution < 1.29 is 24.2 Å². The first-order valence-electron chi connectivity index (χ1n) is 11.4. The van der Waals surface area contributed by atoms with Crippen molar-refractivity contribution in [1.82, 2.24) is 15.1 Å². The van der Waals surface area contributed by atoms with Gasteiger partial charge in [0.1, 0.15) is 18.0 Å². The van der Waals surface area contributed by atoms with E-state index in [1.165, 1.54) is 17.9 Å². The van der Waals surface area contributed by atoms with E-state index in [1.807, 2.05) is 50.2 Å². The maximum atomic E-state index is 12.7. The molecule has 9 nitrogen and oxygen atoms in total. The number of carbonyl (C=O) groups is 3. The Labute approximate surface area is 203 Å². The fourth-order valence-electron chi connectivity index (χ4n) is 4.37. The number of carboxylic acid groups (broad SMARTS) is 1. The molecule has 1 aromatic heterocycles. The lowest BCUT2D eigenvalue weighted by molar-refractivity contribution is -0.116. The average Bonchev–Trinajstić information content (AvgIpc) is 3.35. The van der Waals surface area contributed by atoms with Crippen LogP contribution in [0.1, 0.15) is 47.7 Å². The molecule has 0 aliphatic heterocycles. The van der Waals surface area contributed by atoms with Crippen LogP contribution in [0.15, 0.2) is 54.7 Å². The summed E-state index contributed by atoms with van der Waals surface area (Å²) < 4.78 is 6.89. The standard InChI is InChI=1S/C26H28N4O5/c1-15(2)22(12-23(31)29-24-20(25(32)33)13-27-30(24)3)28-26(34)35-14-21-18-10-6-4-8-16(18)17-9-5-7-11-19(17)21/h4-11,13,15,21-22H,12,14H2,1-3H3,(H,28,34)(H,29,31)(H,32,33)/t22-/m1/s1. The Morgan fingerprint density at radius 2 is 1.66 bits per heavy atom. The van der Waals surface area contributed by atoms with Crippen LogP contribution in [0.2, 0.25) is 0 Å². The lowest BCUT2D eigenvalue weighted by Crippen LogP contribution is -2.41. The van der Waals surface area contributed by atoms with Gasteiger partial charge in [0.25, 0.3) is 0 Å². The Balaban J connectivity index is 1.38. The highest BCUT2D eigenvalue weighted by molar-refractivity contribution is 5.99. The van der Waals surface area contributed by atoms with Gasteiger partial charge >= 0.3 is 12.1 Å². The Bertz CT molecular complexity index is 1220. The molecule has 1 heterocycles. The Morgan fingerprint density at radius 1 is 1.06 bits per heavy atom. The predicted octanol–water partition coefficient (Wildman–Crippen LogP) is 4.01. The lowest BCUT2D eigenvalue weighted by atomic mass is 9.98. The third kappa shape index (κ3) is 5.03. The highest BCUT2D eigenvalue weighted by Crippen LogP contribution is 2.44. The summed E-state index contributed by atoms with van der Waals surface area (Å²) in [6.07, 6.45) is 0.518. The molecule has 1 aliphatic rings. The second-order valence-corrected chi connectivity index (χ2v) is 8.91. The maximum absolute atomic E-state index is 12.7. The summed E-state index contributed by atoms with van der Waals surface area (Å²) in [6.45, 7) is 3.94. The van der Waals surface area contributed by atoms with Gasteiger partial charge in [-0.2, -0.15) is 5.10 Å². The van der Waals surface area contributed by atoms with Crippen molar-refractivity contribution in [2.45, 2.75) is 32.2 Å². The maximum Gasteiger partial charge on any atom is 0.407 e. The van der Waals surface area contributed by atoms with Crippen LogP contribution in [0, 0.1) is 5.92 Å². The van der Waals surface area contributed by atoms with Crippen LogP contribution in [-0.2, 0) is 16.6 Å². The van der Waals surface area contributed by atoms with Crippen molar-refractivity contribution in [3.63, 3.8) is 0 Å². The highest BCUT2D eigenvalue weighted by Gasteiger charge is 2.30. The van der Waals surface area contributed by atoms with E-state index in [-0.39, 0.29) is 36.2 Å². The number of fused-ring (bicyclic) bond motifs is 3. The molecule has 0 radical (unpaired) electrons. The summed E-state index contributed by atoms with van der Waals surface area (Å²) in [5.41, 5.74) is 4.42. The van der Waals surface area contributed by atoms with Gasteiger partial charge < -0.3 is 20.5 Å². The largest absolute Gasteiger partial charge is 0.477 e. The van der Waals surface area contributed by atoms with Gasteiger partial charge in [-0.25, -0.2) is 9.59 Å². The molecule has 182 valence electrons. The second kappa shape index (κ2) is 10.0. The summed E-state index contributed by atoms with van der Waals surface area (Å²) in [4.78, 5) is 36.7. The van der Waals surface area contributed by atoms with E-state index in [0.29, 0.717) is 0 Å². The number of amides is 2. The zero-order valence-electron chi connectivity index (χ0n) is 19.8. The Morgan fingerprint density at radius 3 is 2.23 bits per heavy atom. The fourth-order valence-corrected chi connectivity index (χ4v) is 4.37. The van der Waals surface area contributed by atoms with E-state index < -0.39 is 24.0 Å². The van der Waals surface area contributed by atoms with E-state index in [9.17, 15) is 19.5 Å². The first-order chi connectivity index (χ1) is 16.8. The Kier molecular flexibility index (Phi) is 6.86. The van der Waals surface area contributed by atoms with Crippen LogP contribution in [0.5, 0.6) is 0 Å². The predicted molar refractivity (Wildman–Crippen MR) is 130 cm³/mol. The van der Waals surface area contributed by atoms with Gasteiger partial charge in [0.2, 0.25) is 5.91 Å². The van der Waals surface area contributed by atoms with Crippen molar-refractivity contribution in [2.24, 2.45) is 13.0 Å². The molecule has 0 fully saturated rings. The summed E-state index contributed by atoms with van der Waals surface area (Å²) in [5, 5.41) is 18.5. The number of aromatic nitrogens is 2. The third-order valence-electron chi connectivity index (χ3n) is 6.28. The number of hydrogen-bond donors (Lipinski definition) is 3. The molecule has 0 bridgehead atoms. The van der Waals surface area contributed by atoms with Crippen LogP contribution >= 0.6 is 0 Å². The number of carbonyl (C=O) groups excluding carboxylic acids is 2.